The average molecular weight is 263 g/mol. The molecule has 0 amide bonds. The van der Waals surface area contributed by atoms with E-state index in [9.17, 15) is 9.18 Å². The largest absolute Gasteiger partial charge is 0.465 e. The highest BCUT2D eigenvalue weighted by Crippen LogP contribution is 2.26. The molecule has 0 spiro atoms. The van der Waals surface area contributed by atoms with Crippen molar-refractivity contribution in [1.29, 1.82) is 0 Å². The highest BCUT2D eigenvalue weighted by molar-refractivity contribution is 6.41. The van der Waals surface area contributed by atoms with Gasteiger partial charge >= 0.3 is 5.97 Å². The van der Waals surface area contributed by atoms with Crippen LogP contribution in [0.2, 0.25) is 0 Å². The van der Waals surface area contributed by atoms with Crippen LogP contribution in [0.15, 0.2) is 35.4 Å². The van der Waals surface area contributed by atoms with Crippen molar-refractivity contribution >= 4 is 29.2 Å². The maximum Gasteiger partial charge on any atom is 0.349 e. The van der Waals surface area contributed by atoms with Gasteiger partial charge in [0.2, 0.25) is 0 Å². The summed E-state index contributed by atoms with van der Waals surface area (Å²) in [7, 11) is 1.20. The molecule has 0 N–H and O–H groups in total. The summed E-state index contributed by atoms with van der Waals surface area (Å²) in [5.74, 6) is -1.16. The summed E-state index contributed by atoms with van der Waals surface area (Å²) in [6, 6.07) is 6.00. The van der Waals surface area contributed by atoms with Gasteiger partial charge in [-0.1, -0.05) is 29.8 Å². The molecule has 0 unspecified atom stereocenters. The van der Waals surface area contributed by atoms with Gasteiger partial charge in [-0.25, -0.2) is 9.18 Å². The van der Waals surface area contributed by atoms with Crippen molar-refractivity contribution in [2.24, 2.45) is 0 Å². The second kappa shape index (κ2) is 5.87. The molecule has 0 heterocycles. The zero-order chi connectivity index (χ0) is 12.1. The number of hydrogen-bond acceptors (Lipinski definition) is 2. The second-order valence-electron chi connectivity index (χ2n) is 2.93. The van der Waals surface area contributed by atoms with Crippen LogP contribution in [0.5, 0.6) is 0 Å². The van der Waals surface area contributed by atoms with Crippen molar-refractivity contribution in [2.75, 3.05) is 7.11 Å². The summed E-state index contributed by atoms with van der Waals surface area (Å²) in [4.78, 5) is 11.0. The average Bonchev–Trinajstić information content (AvgIpc) is 2.28. The molecule has 0 bridgehead atoms. The highest BCUT2D eigenvalue weighted by atomic mass is 35.5. The summed E-state index contributed by atoms with van der Waals surface area (Å²) >= 11 is 11.5. The quantitative estimate of drug-likeness (QED) is 0.474. The van der Waals surface area contributed by atoms with Gasteiger partial charge in [-0.3, -0.25) is 0 Å². The first-order valence-electron chi connectivity index (χ1n) is 4.40. The first-order valence-corrected chi connectivity index (χ1v) is 5.22. The van der Waals surface area contributed by atoms with Crippen LogP contribution in [0, 0.1) is 5.82 Å². The third-order valence-corrected chi connectivity index (χ3v) is 2.52. The number of carbonyl (C=O) groups is 1. The van der Waals surface area contributed by atoms with Crippen molar-refractivity contribution in [2.45, 2.75) is 5.38 Å². The molecule has 16 heavy (non-hydrogen) atoms. The zero-order valence-electron chi connectivity index (χ0n) is 8.41. The number of methoxy groups -OCH3 is 1. The third-order valence-electron chi connectivity index (χ3n) is 1.88. The molecule has 0 fully saturated rings. The van der Waals surface area contributed by atoms with Crippen LogP contribution in [0.4, 0.5) is 4.39 Å². The van der Waals surface area contributed by atoms with Crippen LogP contribution in [0.3, 0.4) is 0 Å². The van der Waals surface area contributed by atoms with Gasteiger partial charge in [-0.05, 0) is 12.1 Å². The Morgan fingerprint density at radius 1 is 1.50 bits per heavy atom. The number of benzene rings is 1. The Morgan fingerprint density at radius 2 is 2.12 bits per heavy atom. The molecule has 0 saturated heterocycles. The number of esters is 1. The molecule has 2 nitrogen and oxygen atoms in total. The van der Waals surface area contributed by atoms with E-state index in [0.717, 1.165) is 0 Å². The van der Waals surface area contributed by atoms with E-state index in [1.165, 1.54) is 25.3 Å². The fraction of sp³-hybridized carbons (Fsp3) is 0.182. The molecule has 0 aliphatic carbocycles. The van der Waals surface area contributed by atoms with Gasteiger partial charge in [0, 0.05) is 5.56 Å². The van der Waals surface area contributed by atoms with E-state index in [4.69, 9.17) is 23.2 Å². The Bertz CT molecular complexity index is 418. The Balaban J connectivity index is 2.92. The van der Waals surface area contributed by atoms with Crippen molar-refractivity contribution in [3.05, 3.63) is 46.8 Å². The molecule has 1 aromatic rings. The maximum atomic E-state index is 13.3. The normalized spacial score (nSPS) is 13.4. The Kier molecular flexibility index (Phi) is 4.77. The minimum absolute atomic E-state index is 0.175. The fourth-order valence-corrected chi connectivity index (χ4v) is 1.65. The number of halogens is 3. The standard InChI is InChI=1S/C11H9Cl2FO2/c1-16-11(15)9(13)6-8(12)7-4-2-3-5-10(7)14/h2-6,8H,1H3/b9-6-/t8-/m0/s1. The first kappa shape index (κ1) is 13.0. The topological polar surface area (TPSA) is 26.3 Å². The first-order chi connectivity index (χ1) is 7.56. The summed E-state index contributed by atoms with van der Waals surface area (Å²) in [6.45, 7) is 0. The minimum Gasteiger partial charge on any atom is -0.465 e. The SMILES string of the molecule is COC(=O)/C(Cl)=C/[C@H](Cl)c1ccccc1F. The summed E-state index contributed by atoms with van der Waals surface area (Å²) in [5, 5.41) is -0.987. The lowest BCUT2D eigenvalue weighted by molar-refractivity contribution is -0.135. The van der Waals surface area contributed by atoms with E-state index >= 15 is 0 Å². The summed E-state index contributed by atoms with van der Waals surface area (Å²) in [6.07, 6.45) is 1.23. The number of allylic oxidation sites excluding steroid dienone is 1. The van der Waals surface area contributed by atoms with E-state index in [0.29, 0.717) is 0 Å². The lowest BCUT2D eigenvalue weighted by Crippen LogP contribution is -2.01. The van der Waals surface area contributed by atoms with Crippen molar-refractivity contribution in [3.8, 4) is 0 Å². The molecule has 0 aliphatic rings. The molecule has 86 valence electrons. The molecule has 1 rings (SSSR count). The lowest BCUT2D eigenvalue weighted by Gasteiger charge is -2.06. The van der Waals surface area contributed by atoms with E-state index in [2.05, 4.69) is 4.74 Å². The number of carbonyl (C=O) groups excluding carboxylic acids is 1. The lowest BCUT2D eigenvalue weighted by atomic mass is 10.1. The van der Waals surface area contributed by atoms with Crippen LogP contribution in [0.25, 0.3) is 0 Å². The minimum atomic E-state index is -0.812. The van der Waals surface area contributed by atoms with E-state index in [1.54, 1.807) is 12.1 Å². The van der Waals surface area contributed by atoms with Crippen molar-refractivity contribution < 1.29 is 13.9 Å². The Hall–Kier alpha value is -1.06. The van der Waals surface area contributed by atoms with Gasteiger partial charge in [0.15, 0.2) is 0 Å². The van der Waals surface area contributed by atoms with Crippen LogP contribution < -0.4 is 0 Å². The number of hydrogen-bond donors (Lipinski definition) is 0. The van der Waals surface area contributed by atoms with Gasteiger partial charge in [0.1, 0.15) is 10.8 Å². The maximum absolute atomic E-state index is 13.3. The molecule has 0 aliphatic heterocycles. The molecule has 1 aromatic carbocycles. The number of rotatable bonds is 3. The number of ether oxygens (including phenoxy) is 1. The molecule has 0 aromatic heterocycles. The zero-order valence-corrected chi connectivity index (χ0v) is 9.93. The van der Waals surface area contributed by atoms with Crippen LogP contribution in [-0.4, -0.2) is 13.1 Å². The predicted molar refractivity (Wildman–Crippen MR) is 60.9 cm³/mol. The van der Waals surface area contributed by atoms with Crippen molar-refractivity contribution in [3.63, 3.8) is 0 Å². The second-order valence-corrected chi connectivity index (χ2v) is 3.81. The number of alkyl halides is 1. The molecule has 0 saturated carbocycles. The molecule has 0 radical (unpaired) electrons. The fourth-order valence-electron chi connectivity index (χ4n) is 1.08. The highest BCUT2D eigenvalue weighted by Gasteiger charge is 2.13. The molecule has 1 atom stereocenters. The van der Waals surface area contributed by atoms with E-state index < -0.39 is 17.2 Å². The Labute approximate surface area is 103 Å². The Morgan fingerprint density at radius 3 is 2.69 bits per heavy atom. The molecule has 5 heteroatoms. The smallest absolute Gasteiger partial charge is 0.349 e. The van der Waals surface area contributed by atoms with Crippen LogP contribution in [0.1, 0.15) is 10.9 Å². The van der Waals surface area contributed by atoms with Gasteiger partial charge in [0.05, 0.1) is 12.5 Å². The van der Waals surface area contributed by atoms with Gasteiger partial charge in [-0.2, -0.15) is 0 Å². The van der Waals surface area contributed by atoms with Crippen molar-refractivity contribution in [1.82, 2.24) is 0 Å². The van der Waals surface area contributed by atoms with E-state index in [-0.39, 0.29) is 10.6 Å². The van der Waals surface area contributed by atoms with Gasteiger partial charge in [-0.15, -0.1) is 11.6 Å². The predicted octanol–water partition coefficient (Wildman–Crippen LogP) is 3.40. The van der Waals surface area contributed by atoms with Crippen LogP contribution >= 0.6 is 23.2 Å². The van der Waals surface area contributed by atoms with Gasteiger partial charge < -0.3 is 4.74 Å². The van der Waals surface area contributed by atoms with Crippen LogP contribution in [-0.2, 0) is 9.53 Å². The van der Waals surface area contributed by atoms with Gasteiger partial charge in [0.25, 0.3) is 0 Å². The molecular weight excluding hydrogens is 254 g/mol. The summed E-state index contributed by atoms with van der Waals surface area (Å²) in [5.41, 5.74) is 0.256. The molecular formula is C11H9Cl2FO2. The summed E-state index contributed by atoms with van der Waals surface area (Å²) < 4.78 is 17.7. The van der Waals surface area contributed by atoms with E-state index in [1.807, 2.05) is 0 Å². The monoisotopic (exact) mass is 262 g/mol. The third kappa shape index (κ3) is 3.22.